The molecule has 0 saturated heterocycles. The Hall–Kier alpha value is -3.53. The van der Waals surface area contributed by atoms with E-state index in [9.17, 15) is 9.65 Å². The second-order valence-electron chi connectivity index (χ2n) is 5.90. The SMILES string of the molecule is CC(C)Nc1nc(Nc2cccc(F)c2C#N)cc(-c2cccnc2)n1. The molecule has 3 aromatic rings. The average molecular weight is 348 g/mol. The van der Waals surface area contributed by atoms with Gasteiger partial charge in [0.1, 0.15) is 23.3 Å². The molecule has 2 aromatic heterocycles. The monoisotopic (exact) mass is 348 g/mol. The van der Waals surface area contributed by atoms with E-state index < -0.39 is 5.82 Å². The zero-order chi connectivity index (χ0) is 18.5. The van der Waals surface area contributed by atoms with Crippen LogP contribution in [0.5, 0.6) is 0 Å². The van der Waals surface area contributed by atoms with Gasteiger partial charge in [0.05, 0.1) is 11.4 Å². The van der Waals surface area contributed by atoms with E-state index in [0.717, 1.165) is 5.56 Å². The van der Waals surface area contributed by atoms with Gasteiger partial charge in [-0.1, -0.05) is 6.07 Å². The number of anilines is 3. The van der Waals surface area contributed by atoms with E-state index in [1.165, 1.54) is 12.1 Å². The van der Waals surface area contributed by atoms with Crippen LogP contribution in [0.3, 0.4) is 0 Å². The molecule has 1 aromatic carbocycles. The third-order valence-corrected chi connectivity index (χ3v) is 3.49. The first-order valence-corrected chi connectivity index (χ1v) is 8.08. The predicted molar refractivity (Wildman–Crippen MR) is 98.4 cm³/mol. The van der Waals surface area contributed by atoms with Gasteiger partial charge >= 0.3 is 0 Å². The van der Waals surface area contributed by atoms with Crippen molar-refractivity contribution in [3.8, 4) is 17.3 Å². The highest BCUT2D eigenvalue weighted by molar-refractivity contribution is 5.69. The van der Waals surface area contributed by atoms with Gasteiger partial charge in [-0.05, 0) is 38.1 Å². The standard InChI is InChI=1S/C19H17FN6/c1-12(2)23-19-25-17(13-5-4-8-22-11-13)9-18(26-19)24-16-7-3-6-15(20)14(16)10-21/h3-9,11-12H,1-2H3,(H2,23,24,25,26). The van der Waals surface area contributed by atoms with Gasteiger partial charge in [-0.25, -0.2) is 9.37 Å². The lowest BCUT2D eigenvalue weighted by atomic mass is 10.1. The molecule has 0 aliphatic carbocycles. The number of hydrogen-bond acceptors (Lipinski definition) is 6. The van der Waals surface area contributed by atoms with Gasteiger partial charge in [-0.2, -0.15) is 10.2 Å². The van der Waals surface area contributed by atoms with Crippen molar-refractivity contribution in [3.05, 3.63) is 60.2 Å². The van der Waals surface area contributed by atoms with Gasteiger partial charge in [0.25, 0.3) is 0 Å². The summed E-state index contributed by atoms with van der Waals surface area (Å²) in [5.41, 5.74) is 1.77. The van der Waals surface area contributed by atoms with Crippen LogP contribution in [0.15, 0.2) is 48.8 Å². The Labute approximate surface area is 150 Å². The van der Waals surface area contributed by atoms with Crippen molar-refractivity contribution in [1.29, 1.82) is 5.26 Å². The fourth-order valence-electron chi connectivity index (χ4n) is 2.38. The maximum absolute atomic E-state index is 13.8. The molecule has 0 aliphatic rings. The van der Waals surface area contributed by atoms with E-state index in [1.807, 2.05) is 32.0 Å². The highest BCUT2D eigenvalue weighted by Crippen LogP contribution is 2.25. The van der Waals surface area contributed by atoms with Gasteiger partial charge in [-0.15, -0.1) is 0 Å². The van der Waals surface area contributed by atoms with E-state index in [1.54, 1.807) is 24.5 Å². The molecule has 0 saturated carbocycles. The zero-order valence-electron chi connectivity index (χ0n) is 14.4. The van der Waals surface area contributed by atoms with Gasteiger partial charge < -0.3 is 10.6 Å². The third kappa shape index (κ3) is 3.92. The summed E-state index contributed by atoms with van der Waals surface area (Å²) in [5, 5.41) is 15.4. The normalized spacial score (nSPS) is 10.4. The van der Waals surface area contributed by atoms with Gasteiger partial charge in [-0.3, -0.25) is 4.98 Å². The summed E-state index contributed by atoms with van der Waals surface area (Å²) in [6, 6.07) is 11.9. The Balaban J connectivity index is 2.04. The van der Waals surface area contributed by atoms with Crippen LogP contribution in [0.25, 0.3) is 11.3 Å². The molecule has 0 spiro atoms. The second kappa shape index (κ2) is 7.57. The van der Waals surface area contributed by atoms with E-state index in [4.69, 9.17) is 0 Å². The highest BCUT2D eigenvalue weighted by Gasteiger charge is 2.12. The molecule has 2 N–H and O–H groups in total. The average Bonchev–Trinajstić information content (AvgIpc) is 2.62. The van der Waals surface area contributed by atoms with Gasteiger partial charge in [0.2, 0.25) is 5.95 Å². The lowest BCUT2D eigenvalue weighted by molar-refractivity contribution is 0.624. The quantitative estimate of drug-likeness (QED) is 0.721. The maximum Gasteiger partial charge on any atom is 0.225 e. The predicted octanol–water partition coefficient (Wildman–Crippen LogP) is 4.11. The summed E-state index contributed by atoms with van der Waals surface area (Å²) in [5.74, 6) is 0.294. The summed E-state index contributed by atoms with van der Waals surface area (Å²) >= 11 is 0. The molecule has 26 heavy (non-hydrogen) atoms. The molecule has 0 fully saturated rings. The number of nitrogens with zero attached hydrogens (tertiary/aromatic N) is 4. The zero-order valence-corrected chi connectivity index (χ0v) is 14.4. The van der Waals surface area contributed by atoms with E-state index in [0.29, 0.717) is 23.1 Å². The Kier molecular flexibility index (Phi) is 5.04. The largest absolute Gasteiger partial charge is 0.352 e. The Bertz CT molecular complexity index is 950. The van der Waals surface area contributed by atoms with Gasteiger partial charge in [0, 0.05) is 30.1 Å². The summed E-state index contributed by atoms with van der Waals surface area (Å²) in [4.78, 5) is 13.0. The summed E-state index contributed by atoms with van der Waals surface area (Å²) in [6.45, 7) is 3.96. The van der Waals surface area contributed by atoms with E-state index in [2.05, 4.69) is 25.6 Å². The molecule has 2 heterocycles. The highest BCUT2D eigenvalue weighted by atomic mass is 19.1. The second-order valence-corrected chi connectivity index (χ2v) is 5.90. The molecule has 0 unspecified atom stereocenters. The van der Waals surface area contributed by atoms with Crippen LogP contribution in [0.1, 0.15) is 19.4 Å². The molecule has 3 rings (SSSR count). The summed E-state index contributed by atoms with van der Waals surface area (Å²) < 4.78 is 13.8. The topological polar surface area (TPSA) is 86.5 Å². The van der Waals surface area contributed by atoms with Crippen molar-refractivity contribution in [3.63, 3.8) is 0 Å². The van der Waals surface area contributed by atoms with Crippen molar-refractivity contribution in [2.75, 3.05) is 10.6 Å². The minimum absolute atomic E-state index is 0.0626. The van der Waals surface area contributed by atoms with Gasteiger partial charge in [0.15, 0.2) is 0 Å². The molecule has 7 heteroatoms. The molecule has 0 atom stereocenters. The number of aromatic nitrogens is 3. The first kappa shape index (κ1) is 17.3. The summed E-state index contributed by atoms with van der Waals surface area (Å²) in [7, 11) is 0. The molecule has 0 radical (unpaired) electrons. The number of hydrogen-bond donors (Lipinski definition) is 2. The van der Waals surface area contributed by atoms with Crippen molar-refractivity contribution < 1.29 is 4.39 Å². The van der Waals surface area contributed by atoms with Crippen molar-refractivity contribution in [1.82, 2.24) is 15.0 Å². The number of halogens is 1. The number of nitrogens with one attached hydrogen (secondary N) is 2. The van der Waals surface area contributed by atoms with Crippen LogP contribution in [0.2, 0.25) is 0 Å². The smallest absolute Gasteiger partial charge is 0.225 e. The van der Waals surface area contributed by atoms with Crippen LogP contribution in [0.4, 0.5) is 21.8 Å². The molecular formula is C19H17FN6. The molecule has 0 amide bonds. The number of pyridine rings is 1. The minimum atomic E-state index is -0.584. The lowest BCUT2D eigenvalue weighted by Gasteiger charge is -2.13. The molecule has 6 nitrogen and oxygen atoms in total. The van der Waals surface area contributed by atoms with E-state index >= 15 is 0 Å². The fraction of sp³-hybridized carbons (Fsp3) is 0.158. The van der Waals surface area contributed by atoms with Crippen molar-refractivity contribution in [2.45, 2.75) is 19.9 Å². The van der Waals surface area contributed by atoms with E-state index in [-0.39, 0.29) is 11.6 Å². The Morgan fingerprint density at radius 1 is 1.15 bits per heavy atom. The van der Waals surface area contributed by atoms with Crippen LogP contribution in [0, 0.1) is 17.1 Å². The van der Waals surface area contributed by atoms with Crippen molar-refractivity contribution in [2.24, 2.45) is 0 Å². The number of benzene rings is 1. The maximum atomic E-state index is 13.8. The molecule has 130 valence electrons. The first-order chi connectivity index (χ1) is 12.6. The van der Waals surface area contributed by atoms with Crippen molar-refractivity contribution >= 4 is 17.5 Å². The Morgan fingerprint density at radius 3 is 2.69 bits per heavy atom. The van der Waals surface area contributed by atoms with Crippen LogP contribution in [-0.2, 0) is 0 Å². The van der Waals surface area contributed by atoms with Crippen LogP contribution >= 0.6 is 0 Å². The lowest BCUT2D eigenvalue weighted by Crippen LogP contribution is -2.13. The molecular weight excluding hydrogens is 331 g/mol. The summed E-state index contributed by atoms with van der Waals surface area (Å²) in [6.07, 6.45) is 3.39. The molecule has 0 aliphatic heterocycles. The van der Waals surface area contributed by atoms with Crippen LogP contribution in [-0.4, -0.2) is 21.0 Å². The van der Waals surface area contributed by atoms with Crippen LogP contribution < -0.4 is 10.6 Å². The number of rotatable bonds is 5. The minimum Gasteiger partial charge on any atom is -0.352 e. The first-order valence-electron chi connectivity index (χ1n) is 8.08. The molecule has 0 bridgehead atoms. The fourth-order valence-corrected chi connectivity index (χ4v) is 2.38. The number of nitriles is 1. The third-order valence-electron chi connectivity index (χ3n) is 3.49. The Morgan fingerprint density at radius 2 is 2.00 bits per heavy atom.